The van der Waals surface area contributed by atoms with Crippen molar-refractivity contribution in [2.45, 2.75) is 26.3 Å². The molecule has 1 aliphatic heterocycles. The summed E-state index contributed by atoms with van der Waals surface area (Å²) in [5.41, 5.74) is 4.79. The van der Waals surface area contributed by atoms with Crippen LogP contribution in [0.4, 0.5) is 0 Å². The molecule has 0 unspecified atom stereocenters. The Kier molecular flexibility index (Phi) is 4.15. The molecule has 2 aromatic heterocycles. The van der Waals surface area contributed by atoms with Gasteiger partial charge in [-0.15, -0.1) is 0 Å². The molecule has 0 bridgehead atoms. The van der Waals surface area contributed by atoms with E-state index >= 15 is 0 Å². The number of hydrogen-bond acceptors (Lipinski definition) is 4. The van der Waals surface area contributed by atoms with Crippen LogP contribution in [-0.4, -0.2) is 34.7 Å². The molecule has 0 spiro atoms. The van der Waals surface area contributed by atoms with E-state index in [9.17, 15) is 8.42 Å². The minimum absolute atomic E-state index is 0.0559. The minimum atomic E-state index is -2.93. The number of aromatic nitrogens is 3. The van der Waals surface area contributed by atoms with Gasteiger partial charge in [0.2, 0.25) is 0 Å². The van der Waals surface area contributed by atoms with Crippen molar-refractivity contribution in [3.8, 4) is 0 Å². The van der Waals surface area contributed by atoms with Gasteiger partial charge in [0, 0.05) is 16.6 Å². The average Bonchev–Trinajstić information content (AvgIpc) is 3.12. The van der Waals surface area contributed by atoms with Crippen molar-refractivity contribution in [1.29, 1.82) is 0 Å². The fraction of sp³-hybridized carbons (Fsp3) is 0.300. The van der Waals surface area contributed by atoms with Crippen LogP contribution in [0.3, 0.4) is 0 Å². The molecule has 134 valence electrons. The molecule has 0 amide bonds. The molecular formula is C20H21N3O2S. The van der Waals surface area contributed by atoms with Crippen molar-refractivity contribution in [3.63, 3.8) is 0 Å². The van der Waals surface area contributed by atoms with Gasteiger partial charge in [-0.25, -0.2) is 13.4 Å². The maximum Gasteiger partial charge on any atom is 0.152 e. The smallest absolute Gasteiger partial charge is 0.152 e. The Bertz CT molecular complexity index is 1110. The highest BCUT2D eigenvalue weighted by Gasteiger charge is 2.31. The summed E-state index contributed by atoms with van der Waals surface area (Å²) in [5.74, 6) is 0.437. The molecule has 0 N–H and O–H groups in total. The van der Waals surface area contributed by atoms with E-state index in [1.807, 2.05) is 61.0 Å². The lowest BCUT2D eigenvalue weighted by Crippen LogP contribution is -2.13. The zero-order valence-corrected chi connectivity index (χ0v) is 15.7. The topological polar surface area (TPSA) is 64.8 Å². The summed E-state index contributed by atoms with van der Waals surface area (Å²) in [6, 6.07) is 12.0. The monoisotopic (exact) mass is 367 g/mol. The van der Waals surface area contributed by atoms with Crippen LogP contribution < -0.4 is 0 Å². The number of para-hydroxylation sites is 1. The normalized spacial score (nSPS) is 19.5. The third kappa shape index (κ3) is 3.17. The van der Waals surface area contributed by atoms with E-state index in [1.165, 1.54) is 0 Å². The van der Waals surface area contributed by atoms with E-state index in [2.05, 4.69) is 16.1 Å². The predicted molar refractivity (Wildman–Crippen MR) is 105 cm³/mol. The molecule has 0 saturated carbocycles. The number of sulfone groups is 1. The Hall–Kier alpha value is -2.47. The zero-order valence-electron chi connectivity index (χ0n) is 14.9. The van der Waals surface area contributed by atoms with E-state index in [0.29, 0.717) is 6.42 Å². The van der Waals surface area contributed by atoms with Gasteiger partial charge < -0.3 is 0 Å². The first-order chi connectivity index (χ1) is 12.4. The lowest BCUT2D eigenvalue weighted by molar-refractivity contribution is 0.486. The van der Waals surface area contributed by atoms with Crippen molar-refractivity contribution < 1.29 is 8.42 Å². The second kappa shape index (κ2) is 6.36. The molecule has 6 heteroatoms. The third-order valence-electron chi connectivity index (χ3n) is 4.98. The van der Waals surface area contributed by atoms with Gasteiger partial charge in [-0.3, -0.25) is 4.68 Å². The van der Waals surface area contributed by atoms with Crippen LogP contribution in [0.25, 0.3) is 23.1 Å². The molecule has 26 heavy (non-hydrogen) atoms. The molecule has 1 aliphatic rings. The molecule has 1 fully saturated rings. The highest BCUT2D eigenvalue weighted by molar-refractivity contribution is 7.91. The summed E-state index contributed by atoms with van der Waals surface area (Å²) < 4.78 is 25.4. The molecule has 0 radical (unpaired) electrons. The third-order valence-corrected chi connectivity index (χ3v) is 6.73. The number of nitrogens with zero attached hydrogens (tertiary/aromatic N) is 3. The Morgan fingerprint density at radius 1 is 1.12 bits per heavy atom. The SMILES string of the molecule is Cc1nn([C@H]2CCS(=O)(=O)C2)c(C)c1/C=C/c1ccc2ccccc2n1. The molecule has 0 aliphatic carbocycles. The van der Waals surface area contributed by atoms with Crippen molar-refractivity contribution in [3.05, 3.63) is 59.0 Å². The quantitative estimate of drug-likeness (QED) is 0.710. The highest BCUT2D eigenvalue weighted by atomic mass is 32.2. The lowest BCUT2D eigenvalue weighted by atomic mass is 10.1. The van der Waals surface area contributed by atoms with Crippen molar-refractivity contribution in [1.82, 2.24) is 14.8 Å². The van der Waals surface area contributed by atoms with Crippen molar-refractivity contribution in [2.24, 2.45) is 0 Å². The first kappa shape index (κ1) is 17.0. The first-order valence-electron chi connectivity index (χ1n) is 8.73. The molecule has 3 heterocycles. The molecular weight excluding hydrogens is 346 g/mol. The summed E-state index contributed by atoms with van der Waals surface area (Å²) in [5, 5.41) is 5.72. The van der Waals surface area contributed by atoms with Crippen LogP contribution in [-0.2, 0) is 9.84 Å². The van der Waals surface area contributed by atoms with Gasteiger partial charge in [0.05, 0.1) is 34.5 Å². The maximum atomic E-state index is 11.8. The number of fused-ring (bicyclic) bond motifs is 1. The van der Waals surface area contributed by atoms with Gasteiger partial charge in [-0.05, 0) is 44.6 Å². The first-order valence-corrected chi connectivity index (χ1v) is 10.5. The number of aryl methyl sites for hydroxylation is 1. The second-order valence-electron chi connectivity index (χ2n) is 6.85. The molecule has 5 nitrogen and oxygen atoms in total. The van der Waals surface area contributed by atoms with Crippen LogP contribution in [0.2, 0.25) is 0 Å². The van der Waals surface area contributed by atoms with Crippen LogP contribution >= 0.6 is 0 Å². The fourth-order valence-electron chi connectivity index (χ4n) is 3.58. The maximum absolute atomic E-state index is 11.8. The highest BCUT2D eigenvalue weighted by Crippen LogP contribution is 2.27. The van der Waals surface area contributed by atoms with Crippen molar-refractivity contribution >= 4 is 32.9 Å². The summed E-state index contributed by atoms with van der Waals surface area (Å²) in [6.45, 7) is 3.96. The van der Waals surface area contributed by atoms with Crippen LogP contribution in [0.5, 0.6) is 0 Å². The van der Waals surface area contributed by atoms with Gasteiger partial charge in [0.1, 0.15) is 0 Å². The summed E-state index contributed by atoms with van der Waals surface area (Å²) in [6.07, 6.45) is 4.65. The van der Waals surface area contributed by atoms with Crippen LogP contribution in [0.1, 0.15) is 35.1 Å². The van der Waals surface area contributed by atoms with Gasteiger partial charge in [-0.2, -0.15) is 5.10 Å². The van der Waals surface area contributed by atoms with E-state index in [-0.39, 0.29) is 17.5 Å². The number of hydrogen-bond donors (Lipinski definition) is 0. The number of pyridine rings is 1. The largest absolute Gasteiger partial charge is 0.265 e. The Morgan fingerprint density at radius 2 is 1.92 bits per heavy atom. The van der Waals surface area contributed by atoms with Crippen LogP contribution in [0.15, 0.2) is 36.4 Å². The Balaban J connectivity index is 1.64. The number of benzene rings is 1. The molecule has 3 aromatic rings. The fourth-order valence-corrected chi connectivity index (χ4v) is 5.28. The van der Waals surface area contributed by atoms with E-state index in [4.69, 9.17) is 0 Å². The molecule has 1 atom stereocenters. The van der Waals surface area contributed by atoms with Gasteiger partial charge in [0.15, 0.2) is 9.84 Å². The van der Waals surface area contributed by atoms with Crippen LogP contribution in [0, 0.1) is 13.8 Å². The Labute approximate surface area is 153 Å². The minimum Gasteiger partial charge on any atom is -0.265 e. The standard InChI is InChI=1S/C20H21N3O2S/c1-14-19(15(2)23(22-14)18-11-12-26(24,25)13-18)10-9-17-8-7-16-5-3-4-6-20(16)21-17/h3-10,18H,11-13H2,1-2H3/b10-9+/t18-/m0/s1. The van der Waals surface area contributed by atoms with Gasteiger partial charge in [-0.1, -0.05) is 24.3 Å². The van der Waals surface area contributed by atoms with Gasteiger partial charge in [0.25, 0.3) is 0 Å². The Morgan fingerprint density at radius 3 is 2.69 bits per heavy atom. The summed E-state index contributed by atoms with van der Waals surface area (Å²) >= 11 is 0. The van der Waals surface area contributed by atoms with E-state index in [0.717, 1.165) is 33.5 Å². The van der Waals surface area contributed by atoms with E-state index < -0.39 is 9.84 Å². The second-order valence-corrected chi connectivity index (χ2v) is 9.08. The molecule has 1 aromatic carbocycles. The number of rotatable bonds is 3. The average molecular weight is 367 g/mol. The molecule has 4 rings (SSSR count). The molecule has 1 saturated heterocycles. The lowest BCUT2D eigenvalue weighted by Gasteiger charge is -2.10. The zero-order chi connectivity index (χ0) is 18.3. The van der Waals surface area contributed by atoms with E-state index in [1.54, 1.807) is 0 Å². The van der Waals surface area contributed by atoms with Gasteiger partial charge >= 0.3 is 0 Å². The predicted octanol–water partition coefficient (Wildman–Crippen LogP) is 3.58. The summed E-state index contributed by atoms with van der Waals surface area (Å²) in [4.78, 5) is 4.66. The summed E-state index contributed by atoms with van der Waals surface area (Å²) in [7, 11) is -2.93. The van der Waals surface area contributed by atoms with Crippen molar-refractivity contribution in [2.75, 3.05) is 11.5 Å².